The predicted octanol–water partition coefficient (Wildman–Crippen LogP) is 1.97. The highest BCUT2D eigenvalue weighted by Crippen LogP contribution is 2.54. The highest BCUT2D eigenvalue weighted by molar-refractivity contribution is 6.22. The number of aromatic hydroxyl groups is 1. The molecule has 0 bridgehead atoms. The number of phenolic OH excluding ortho intramolecular Hbond substituents is 1. The van der Waals surface area contributed by atoms with Crippen molar-refractivity contribution >= 4 is 34.6 Å². The van der Waals surface area contributed by atoms with Crippen LogP contribution in [0.2, 0.25) is 0 Å². The van der Waals surface area contributed by atoms with Crippen LogP contribution in [0.25, 0.3) is 5.76 Å². The summed E-state index contributed by atoms with van der Waals surface area (Å²) in [6, 6.07) is 10.7. The molecule has 0 spiro atoms. The topological polar surface area (TPSA) is 197 Å². The second-order valence-electron chi connectivity index (χ2n) is 10.6. The number of rotatable bonds is 5. The van der Waals surface area contributed by atoms with Crippen LogP contribution < -0.4 is 16.0 Å². The minimum absolute atomic E-state index is 0.0145. The molecule has 1 saturated carbocycles. The molecule has 0 saturated heterocycles. The minimum Gasteiger partial charge on any atom is -0.508 e. The molecule has 3 atom stereocenters. The molecule has 5 rings (SSSR count). The number of hydrogen-bond acceptors (Lipinski definition) is 10. The number of nitriles is 1. The number of benzene rings is 2. The summed E-state index contributed by atoms with van der Waals surface area (Å²) in [5.41, 5.74) is 4.50. The van der Waals surface area contributed by atoms with Crippen LogP contribution in [-0.2, 0) is 27.3 Å². The molecular weight excluding hydrogens is 516 g/mol. The predicted molar refractivity (Wildman–Crippen MR) is 144 cm³/mol. The van der Waals surface area contributed by atoms with Gasteiger partial charge in [0.15, 0.2) is 11.4 Å². The van der Waals surface area contributed by atoms with E-state index in [-0.39, 0.29) is 48.4 Å². The number of aliphatic hydroxyl groups excluding tert-OH is 2. The number of hydrogen-bond donors (Lipinski definition) is 6. The van der Waals surface area contributed by atoms with E-state index in [0.717, 1.165) is 5.56 Å². The molecule has 0 aromatic heterocycles. The summed E-state index contributed by atoms with van der Waals surface area (Å²) in [4.78, 5) is 39.9. The van der Waals surface area contributed by atoms with Crippen molar-refractivity contribution in [1.82, 2.24) is 0 Å². The van der Waals surface area contributed by atoms with Crippen LogP contribution >= 0.6 is 0 Å². The van der Waals surface area contributed by atoms with Crippen LogP contribution in [0.1, 0.15) is 35.1 Å². The van der Waals surface area contributed by atoms with E-state index in [2.05, 4.69) is 11.4 Å². The standard InChI is InChI=1S/C29H28N4O7/c1-33(2)19-10-18(32-12-14-5-3-13(11-30)4-6-14)24(35)22-17(19)8-15-7-16-9-20(34)23(28(31)39)27(38)29(16,40)26(37)21(15)25(22)36/h3-6,10,15-16,32,35-36,38,40H,7-9,12H2,1-2H3,(H2,31,39)/t15-,16+,29+/m1/s1. The van der Waals surface area contributed by atoms with Crippen molar-refractivity contribution in [3.63, 3.8) is 0 Å². The van der Waals surface area contributed by atoms with Crippen LogP contribution in [0.15, 0.2) is 47.2 Å². The maximum absolute atomic E-state index is 13.7. The van der Waals surface area contributed by atoms with Crippen molar-refractivity contribution in [3.05, 3.63) is 69.5 Å². The summed E-state index contributed by atoms with van der Waals surface area (Å²) in [6.07, 6.45) is -0.0907. The van der Waals surface area contributed by atoms with E-state index in [1.807, 2.05) is 4.90 Å². The number of carbonyl (C=O) groups excluding carboxylic acids is 3. The number of amides is 1. The molecule has 11 heteroatoms. The van der Waals surface area contributed by atoms with Crippen LogP contribution in [0.4, 0.5) is 11.4 Å². The fourth-order valence-corrected chi connectivity index (χ4v) is 6.10. The van der Waals surface area contributed by atoms with Gasteiger partial charge in [-0.15, -0.1) is 0 Å². The number of nitrogens with zero attached hydrogens (tertiary/aromatic N) is 2. The summed E-state index contributed by atoms with van der Waals surface area (Å²) in [5, 5.41) is 57.0. The van der Waals surface area contributed by atoms with E-state index in [0.29, 0.717) is 16.8 Å². The number of Topliss-reactive ketones (excluding diaryl/α,β-unsaturated/α-hetero) is 2. The first kappa shape index (κ1) is 26.8. The lowest BCUT2D eigenvalue weighted by Gasteiger charge is -2.46. The first-order chi connectivity index (χ1) is 18.9. The zero-order chi connectivity index (χ0) is 29.1. The first-order valence-electron chi connectivity index (χ1n) is 12.7. The molecule has 11 nitrogen and oxygen atoms in total. The smallest absolute Gasteiger partial charge is 0.255 e. The largest absolute Gasteiger partial charge is 0.508 e. The number of primary amides is 1. The Hall–Kier alpha value is -4.82. The Balaban J connectivity index is 1.61. The Morgan fingerprint density at radius 1 is 1.18 bits per heavy atom. The van der Waals surface area contributed by atoms with E-state index < -0.39 is 52.0 Å². The van der Waals surface area contributed by atoms with Gasteiger partial charge in [0.1, 0.15) is 22.8 Å². The molecule has 2 aromatic rings. The third kappa shape index (κ3) is 3.87. The van der Waals surface area contributed by atoms with Crippen LogP contribution in [0, 0.1) is 23.2 Å². The van der Waals surface area contributed by atoms with Crippen molar-refractivity contribution in [1.29, 1.82) is 5.26 Å². The minimum atomic E-state index is -2.61. The van der Waals surface area contributed by atoms with Gasteiger partial charge in [-0.05, 0) is 48.1 Å². The number of phenols is 1. The summed E-state index contributed by atoms with van der Waals surface area (Å²) in [7, 11) is 3.60. The van der Waals surface area contributed by atoms with Crippen LogP contribution in [0.5, 0.6) is 5.75 Å². The van der Waals surface area contributed by atoms with Gasteiger partial charge >= 0.3 is 0 Å². The van der Waals surface area contributed by atoms with Crippen molar-refractivity contribution < 1.29 is 34.8 Å². The van der Waals surface area contributed by atoms with Gasteiger partial charge in [0, 0.05) is 44.2 Å². The van der Waals surface area contributed by atoms with E-state index in [9.17, 15) is 34.8 Å². The fourth-order valence-electron chi connectivity index (χ4n) is 6.10. The zero-order valence-electron chi connectivity index (χ0n) is 21.9. The molecule has 0 unspecified atom stereocenters. The third-order valence-electron chi connectivity index (χ3n) is 8.09. The van der Waals surface area contributed by atoms with Crippen molar-refractivity contribution in [3.8, 4) is 11.8 Å². The van der Waals surface area contributed by atoms with Gasteiger partial charge in [-0.1, -0.05) is 12.1 Å². The molecule has 1 fully saturated rings. The Morgan fingerprint density at radius 3 is 2.45 bits per heavy atom. The Morgan fingerprint density at radius 2 is 1.85 bits per heavy atom. The normalized spacial score (nSPS) is 23.6. The Bertz CT molecular complexity index is 1580. The average molecular weight is 545 g/mol. The number of ketones is 2. The lowest BCUT2D eigenvalue weighted by atomic mass is 9.59. The lowest BCUT2D eigenvalue weighted by Crippen LogP contribution is -2.58. The molecule has 3 aliphatic carbocycles. The molecule has 206 valence electrons. The summed E-state index contributed by atoms with van der Waals surface area (Å²) < 4.78 is 0. The molecule has 7 N–H and O–H groups in total. The Kier molecular flexibility index (Phi) is 6.31. The molecule has 2 aromatic carbocycles. The van der Waals surface area contributed by atoms with Gasteiger partial charge in [0.05, 0.1) is 22.9 Å². The molecule has 40 heavy (non-hydrogen) atoms. The summed E-state index contributed by atoms with van der Waals surface area (Å²) in [5.74, 6) is -6.66. The molecule has 0 radical (unpaired) electrons. The SMILES string of the molecule is CN(C)c1cc(NCc2ccc(C#N)cc2)c(O)c2c1C[C@H]1C[C@H]3CC(=O)C(C(N)=O)=C(O)[C@@]3(O)C(=O)C1=C2O. The number of nitrogens with two attached hydrogens (primary N) is 1. The monoisotopic (exact) mass is 544 g/mol. The van der Waals surface area contributed by atoms with Gasteiger partial charge < -0.3 is 36.4 Å². The number of fused-ring (bicyclic) bond motifs is 3. The second kappa shape index (κ2) is 9.43. The van der Waals surface area contributed by atoms with Crippen molar-refractivity contribution in [2.24, 2.45) is 17.6 Å². The van der Waals surface area contributed by atoms with Crippen molar-refractivity contribution in [2.75, 3.05) is 24.3 Å². The fraction of sp³-hybridized carbons (Fsp3) is 0.310. The molecular formula is C29H28N4O7. The number of aliphatic hydroxyl groups is 3. The highest BCUT2D eigenvalue weighted by Gasteiger charge is 2.60. The van der Waals surface area contributed by atoms with Gasteiger partial charge in [0.2, 0.25) is 5.78 Å². The third-order valence-corrected chi connectivity index (χ3v) is 8.09. The molecule has 3 aliphatic rings. The first-order valence-corrected chi connectivity index (χ1v) is 12.7. The average Bonchev–Trinajstić information content (AvgIpc) is 2.90. The quantitative estimate of drug-likeness (QED) is 0.239. The number of nitrogens with one attached hydrogen (secondary N) is 1. The van der Waals surface area contributed by atoms with Gasteiger partial charge in [-0.3, -0.25) is 14.4 Å². The van der Waals surface area contributed by atoms with Crippen LogP contribution in [0.3, 0.4) is 0 Å². The summed E-state index contributed by atoms with van der Waals surface area (Å²) >= 11 is 0. The lowest BCUT2D eigenvalue weighted by molar-refractivity contribution is -0.147. The summed E-state index contributed by atoms with van der Waals surface area (Å²) in [6.45, 7) is 0.286. The van der Waals surface area contributed by atoms with E-state index in [1.165, 1.54) is 0 Å². The molecule has 0 aliphatic heterocycles. The van der Waals surface area contributed by atoms with E-state index >= 15 is 0 Å². The number of carbonyl (C=O) groups is 3. The second-order valence-corrected chi connectivity index (χ2v) is 10.6. The van der Waals surface area contributed by atoms with Crippen molar-refractivity contribution in [2.45, 2.75) is 31.4 Å². The van der Waals surface area contributed by atoms with Gasteiger partial charge in [-0.25, -0.2) is 0 Å². The Labute approximate surface area is 229 Å². The number of anilines is 2. The zero-order valence-corrected chi connectivity index (χ0v) is 21.9. The maximum atomic E-state index is 13.7. The van der Waals surface area contributed by atoms with Gasteiger partial charge in [0.25, 0.3) is 5.91 Å². The van der Waals surface area contributed by atoms with Crippen LogP contribution in [-0.4, -0.2) is 57.6 Å². The van der Waals surface area contributed by atoms with Gasteiger partial charge in [-0.2, -0.15) is 5.26 Å². The maximum Gasteiger partial charge on any atom is 0.255 e. The molecule has 1 amide bonds. The highest BCUT2D eigenvalue weighted by atomic mass is 16.3. The van der Waals surface area contributed by atoms with E-state index in [1.54, 1.807) is 44.4 Å². The molecule has 0 heterocycles. The van der Waals surface area contributed by atoms with E-state index in [4.69, 9.17) is 11.0 Å².